The largest absolute Gasteiger partial charge is 0.508 e. The van der Waals surface area contributed by atoms with Gasteiger partial charge in [-0.1, -0.05) is 6.07 Å². The number of nitrogens with zero attached hydrogens (tertiary/aromatic N) is 1. The third-order valence-corrected chi connectivity index (χ3v) is 8.21. The molecule has 35 heavy (non-hydrogen) atoms. The summed E-state index contributed by atoms with van der Waals surface area (Å²) in [5.41, 5.74) is 3.66. The number of primary amides is 1. The van der Waals surface area contributed by atoms with Crippen LogP contribution in [0.2, 0.25) is 0 Å². The number of phenolic OH excluding ortho intramolecular Hbond substituents is 1. The zero-order chi connectivity index (χ0) is 25.4. The number of carbonyl (C=O) groups excluding carboxylic acids is 3. The molecule has 1 saturated carbocycles. The molecular weight excluding hydrogens is 472 g/mol. The maximum atomic E-state index is 13.6. The highest BCUT2D eigenvalue weighted by molar-refractivity contribution is 7.13. The molecule has 6 N–H and O–H groups in total. The van der Waals surface area contributed by atoms with Crippen molar-refractivity contribution in [3.63, 3.8) is 0 Å². The Balaban J connectivity index is 1.75. The lowest BCUT2D eigenvalue weighted by Crippen LogP contribution is -2.58. The molecule has 3 atom stereocenters. The number of aliphatic hydroxyl groups is 3. The van der Waals surface area contributed by atoms with Crippen molar-refractivity contribution in [3.05, 3.63) is 51.6 Å². The first-order valence-corrected chi connectivity index (χ1v) is 11.9. The van der Waals surface area contributed by atoms with Crippen LogP contribution in [0.4, 0.5) is 5.69 Å². The Labute approximate surface area is 204 Å². The summed E-state index contributed by atoms with van der Waals surface area (Å²) in [4.78, 5) is 40.5. The molecule has 1 fully saturated rings. The topological polar surface area (TPSA) is 161 Å². The first-order chi connectivity index (χ1) is 16.5. The first-order valence-electron chi connectivity index (χ1n) is 11.1. The van der Waals surface area contributed by atoms with E-state index in [1.807, 2.05) is 42.6 Å². The minimum atomic E-state index is -2.57. The average molecular weight is 497 g/mol. The number of Topliss-reactive ketones (excluding diaryl/α,β-unsaturated/α-hetero) is 2. The quantitative estimate of drug-likeness (QED) is 0.404. The van der Waals surface area contributed by atoms with Crippen LogP contribution in [-0.2, 0) is 20.8 Å². The summed E-state index contributed by atoms with van der Waals surface area (Å²) in [6.07, 6.45) is 0.0223. The molecule has 0 radical (unpaired) electrons. The summed E-state index contributed by atoms with van der Waals surface area (Å²) in [6.45, 7) is 0. The lowest BCUT2D eigenvalue weighted by atomic mass is 9.59. The molecule has 3 aliphatic rings. The van der Waals surface area contributed by atoms with Crippen LogP contribution < -0.4 is 10.6 Å². The van der Waals surface area contributed by atoms with Crippen LogP contribution >= 0.6 is 11.3 Å². The molecule has 2 aromatic rings. The molecule has 1 aromatic heterocycles. The summed E-state index contributed by atoms with van der Waals surface area (Å²) < 4.78 is 0. The van der Waals surface area contributed by atoms with E-state index in [-0.39, 0.29) is 36.1 Å². The molecule has 0 spiro atoms. The van der Waals surface area contributed by atoms with E-state index in [9.17, 15) is 34.8 Å². The van der Waals surface area contributed by atoms with E-state index in [2.05, 4.69) is 0 Å². The number of amides is 1. The molecule has 0 unspecified atom stereocenters. The molecule has 10 heteroatoms. The number of carbonyl (C=O) groups is 3. The van der Waals surface area contributed by atoms with Crippen LogP contribution in [0.25, 0.3) is 16.2 Å². The van der Waals surface area contributed by atoms with Crippen LogP contribution in [0.3, 0.4) is 0 Å². The number of aromatic hydroxyl groups is 1. The molecule has 1 heterocycles. The molecule has 9 nitrogen and oxygen atoms in total. The number of benzene rings is 1. The number of ketones is 2. The Morgan fingerprint density at radius 3 is 2.51 bits per heavy atom. The van der Waals surface area contributed by atoms with Gasteiger partial charge in [0.1, 0.15) is 22.8 Å². The van der Waals surface area contributed by atoms with Gasteiger partial charge in [0.2, 0.25) is 5.78 Å². The van der Waals surface area contributed by atoms with E-state index in [0.717, 1.165) is 10.6 Å². The minimum absolute atomic E-state index is 0.0896. The molecular formula is C25H24N2O7S. The van der Waals surface area contributed by atoms with Crippen molar-refractivity contribution < 1.29 is 34.8 Å². The summed E-state index contributed by atoms with van der Waals surface area (Å²) in [5, 5.41) is 46.5. The summed E-state index contributed by atoms with van der Waals surface area (Å²) >= 11 is 1.41. The Kier molecular flexibility index (Phi) is 5.08. The highest BCUT2D eigenvalue weighted by Gasteiger charge is 2.60. The molecule has 0 saturated heterocycles. The second-order valence-corrected chi connectivity index (χ2v) is 10.4. The van der Waals surface area contributed by atoms with Gasteiger partial charge >= 0.3 is 0 Å². The van der Waals surface area contributed by atoms with E-state index in [0.29, 0.717) is 11.1 Å². The lowest BCUT2D eigenvalue weighted by molar-refractivity contribution is -0.147. The van der Waals surface area contributed by atoms with E-state index >= 15 is 0 Å². The van der Waals surface area contributed by atoms with Crippen LogP contribution in [0.5, 0.6) is 5.75 Å². The Morgan fingerprint density at radius 2 is 1.91 bits per heavy atom. The van der Waals surface area contributed by atoms with Crippen molar-refractivity contribution in [2.45, 2.75) is 24.9 Å². The number of thiophene rings is 1. The van der Waals surface area contributed by atoms with Crippen molar-refractivity contribution in [1.29, 1.82) is 0 Å². The van der Waals surface area contributed by atoms with Crippen LogP contribution in [0, 0.1) is 11.8 Å². The van der Waals surface area contributed by atoms with Gasteiger partial charge in [-0.05, 0) is 41.8 Å². The molecule has 182 valence electrons. The fourth-order valence-electron chi connectivity index (χ4n) is 5.69. The highest BCUT2D eigenvalue weighted by atomic mass is 32.1. The molecule has 0 aliphatic heterocycles. The van der Waals surface area contributed by atoms with E-state index < -0.39 is 52.0 Å². The Bertz CT molecular complexity index is 1370. The molecule has 3 aliphatic carbocycles. The van der Waals surface area contributed by atoms with Gasteiger partial charge in [0, 0.05) is 48.1 Å². The van der Waals surface area contributed by atoms with Gasteiger partial charge in [0.15, 0.2) is 11.4 Å². The molecule has 1 aromatic carbocycles. The van der Waals surface area contributed by atoms with Crippen LogP contribution in [0.1, 0.15) is 24.0 Å². The van der Waals surface area contributed by atoms with Crippen molar-refractivity contribution >= 4 is 40.3 Å². The number of fused-ring (bicyclic) bond motifs is 3. The minimum Gasteiger partial charge on any atom is -0.508 e. The Hall–Kier alpha value is -3.63. The number of phenols is 1. The zero-order valence-corrected chi connectivity index (χ0v) is 19.8. The molecule has 1 amide bonds. The van der Waals surface area contributed by atoms with Gasteiger partial charge in [0.25, 0.3) is 5.91 Å². The van der Waals surface area contributed by atoms with E-state index in [4.69, 9.17) is 5.73 Å². The maximum Gasteiger partial charge on any atom is 0.255 e. The number of aliphatic hydroxyl groups excluding tert-OH is 2. The highest BCUT2D eigenvalue weighted by Crippen LogP contribution is 2.54. The van der Waals surface area contributed by atoms with Crippen molar-refractivity contribution in [1.82, 2.24) is 0 Å². The first kappa shape index (κ1) is 23.1. The number of hydrogen-bond acceptors (Lipinski definition) is 9. The van der Waals surface area contributed by atoms with Gasteiger partial charge in [0.05, 0.1) is 5.56 Å². The number of rotatable bonds is 3. The predicted molar refractivity (Wildman–Crippen MR) is 129 cm³/mol. The maximum absolute atomic E-state index is 13.6. The van der Waals surface area contributed by atoms with E-state index in [1.54, 1.807) is 0 Å². The van der Waals surface area contributed by atoms with Crippen LogP contribution in [0.15, 0.2) is 40.5 Å². The third-order valence-electron chi connectivity index (χ3n) is 7.31. The second-order valence-electron chi connectivity index (χ2n) is 9.42. The van der Waals surface area contributed by atoms with Gasteiger partial charge in [-0.15, -0.1) is 11.3 Å². The average Bonchev–Trinajstić information content (AvgIpc) is 3.30. The number of hydrogen-bond donors (Lipinski definition) is 5. The fraction of sp³-hybridized carbons (Fsp3) is 0.320. The standard InChI is InChI=1S/C25H24N2O7S/c1-27(2)14-9-13(16-4-3-5-35-16)20(29)18-12(14)7-10-6-11-8-15(28)19(24(26)33)23(32)25(11,34)22(31)17(10)21(18)30/h3-5,9-11,29-30,32,34H,6-8H2,1-2H3,(H2,26,33)/t10-,11+,25+/m1/s1. The van der Waals surface area contributed by atoms with Gasteiger partial charge in [-0.25, -0.2) is 0 Å². The lowest BCUT2D eigenvalue weighted by Gasteiger charge is -2.46. The van der Waals surface area contributed by atoms with Crippen molar-refractivity contribution in [2.24, 2.45) is 17.6 Å². The molecule has 5 rings (SSSR count). The summed E-state index contributed by atoms with van der Waals surface area (Å²) in [7, 11) is 3.67. The predicted octanol–water partition coefficient (Wildman–Crippen LogP) is 2.22. The fourth-order valence-corrected chi connectivity index (χ4v) is 6.43. The normalized spacial score (nSPS) is 25.8. The van der Waals surface area contributed by atoms with Crippen molar-refractivity contribution in [3.8, 4) is 16.2 Å². The van der Waals surface area contributed by atoms with E-state index in [1.165, 1.54) is 11.3 Å². The Morgan fingerprint density at radius 1 is 1.20 bits per heavy atom. The number of nitrogens with two attached hydrogens (primary N) is 1. The monoisotopic (exact) mass is 496 g/mol. The van der Waals surface area contributed by atoms with Gasteiger partial charge in [-0.3, -0.25) is 14.4 Å². The third kappa shape index (κ3) is 3.06. The summed E-state index contributed by atoms with van der Waals surface area (Å²) in [5.74, 6) is -6.30. The number of anilines is 1. The molecule has 0 bridgehead atoms. The van der Waals surface area contributed by atoms with Gasteiger partial charge in [-0.2, -0.15) is 0 Å². The zero-order valence-electron chi connectivity index (χ0n) is 19.0. The second kappa shape index (κ2) is 7.69. The van der Waals surface area contributed by atoms with Crippen molar-refractivity contribution in [2.75, 3.05) is 19.0 Å². The smallest absolute Gasteiger partial charge is 0.255 e. The van der Waals surface area contributed by atoms with Crippen LogP contribution in [-0.4, -0.2) is 57.6 Å². The van der Waals surface area contributed by atoms with Gasteiger partial charge < -0.3 is 31.1 Å². The SMILES string of the molecule is CN(C)c1cc(-c2cccs2)c(O)c2c1C[C@H]1C[C@H]3CC(=O)C(C(N)=O)=C(O)[C@@]3(O)C(=O)C1=C2O. The summed E-state index contributed by atoms with van der Waals surface area (Å²) in [6, 6.07) is 5.49.